The monoisotopic (exact) mass is 452 g/mol. The highest BCUT2D eigenvalue weighted by molar-refractivity contribution is 5.76. The van der Waals surface area contributed by atoms with Crippen molar-refractivity contribution < 1.29 is 19.1 Å². The topological polar surface area (TPSA) is 80.8 Å². The Kier molecular flexibility index (Phi) is 6.71. The van der Waals surface area contributed by atoms with Crippen molar-refractivity contribution in [1.29, 1.82) is 0 Å². The molecule has 1 aromatic heterocycles. The van der Waals surface area contributed by atoms with E-state index in [1.807, 2.05) is 36.4 Å². The minimum absolute atomic E-state index is 0.0583. The molecule has 1 fully saturated rings. The normalized spacial score (nSPS) is 16.7. The van der Waals surface area contributed by atoms with Crippen molar-refractivity contribution in [3.05, 3.63) is 48.0 Å². The maximum absolute atomic E-state index is 12.7. The molecule has 5 rings (SSSR count). The molecule has 3 aromatic rings. The molecule has 0 bridgehead atoms. The summed E-state index contributed by atoms with van der Waals surface area (Å²) in [6, 6.07) is 14.1. The Balaban J connectivity index is 1.13. The van der Waals surface area contributed by atoms with Crippen LogP contribution >= 0.6 is 0 Å². The molecule has 3 heterocycles. The number of carbonyl (C=O) groups is 1. The van der Waals surface area contributed by atoms with Gasteiger partial charge in [0.25, 0.3) is 0 Å². The van der Waals surface area contributed by atoms with E-state index in [1.165, 1.54) is 12.8 Å². The first-order chi connectivity index (χ1) is 16.2. The molecule has 2 aliphatic rings. The number of H-pyrrole nitrogens is 1. The Hall–Kier alpha value is -3.13. The zero-order valence-corrected chi connectivity index (χ0v) is 18.9. The van der Waals surface area contributed by atoms with Gasteiger partial charge in [-0.2, -0.15) is 0 Å². The van der Waals surface area contributed by atoms with Gasteiger partial charge in [-0.25, -0.2) is 0 Å². The summed E-state index contributed by atoms with van der Waals surface area (Å²) in [5.74, 6) is 1.66. The van der Waals surface area contributed by atoms with Crippen LogP contribution in [-0.4, -0.2) is 66.2 Å². The number of nitrogens with one attached hydrogen (secondary N) is 2. The molecule has 0 radical (unpaired) electrons. The first kappa shape index (κ1) is 21.7. The van der Waals surface area contributed by atoms with E-state index in [1.54, 1.807) is 4.85 Å². The fourth-order valence-corrected chi connectivity index (χ4v) is 4.59. The van der Waals surface area contributed by atoms with Crippen LogP contribution in [0.15, 0.2) is 42.5 Å². The van der Waals surface area contributed by atoms with Crippen molar-refractivity contribution >= 4 is 16.9 Å². The Morgan fingerprint density at radius 3 is 2.76 bits per heavy atom. The van der Waals surface area contributed by atoms with E-state index in [4.69, 9.17) is 14.3 Å². The van der Waals surface area contributed by atoms with Gasteiger partial charge < -0.3 is 24.5 Å². The summed E-state index contributed by atoms with van der Waals surface area (Å²) < 4.78 is 11.4. The Bertz CT molecular complexity index is 1070. The lowest BCUT2D eigenvalue weighted by Gasteiger charge is -2.25. The van der Waals surface area contributed by atoms with Crippen LogP contribution in [0.3, 0.4) is 0 Å². The van der Waals surface area contributed by atoms with Gasteiger partial charge in [0, 0.05) is 19.0 Å². The van der Waals surface area contributed by atoms with Crippen LogP contribution in [0.4, 0.5) is 0 Å². The second-order valence-corrected chi connectivity index (χ2v) is 8.81. The molecule has 8 nitrogen and oxygen atoms in total. The number of para-hydroxylation sites is 2. The number of fused-ring (bicyclic) bond motifs is 2. The third-order valence-corrected chi connectivity index (χ3v) is 6.24. The Labute approximate surface area is 193 Å². The number of likely N-dealkylation sites (tertiary alicyclic amines) is 1. The predicted octanol–water partition coefficient (Wildman–Crippen LogP) is 2.77. The maximum Gasteiger partial charge on any atom is 0.220 e. The standard InChI is InChI=1S/C25H32N4O4/c30-25(8-5-13-33-29-22-7-2-1-6-21(22)27-29)26-20(18-28-11-3-4-12-28)16-19-9-10-23-24(17-19)32-15-14-31-23/h1-2,6-7,9-10,17,20,27H,3-5,8,11-16,18H2,(H,26,30). The molecule has 1 saturated heterocycles. The number of benzene rings is 2. The van der Waals surface area contributed by atoms with Gasteiger partial charge in [-0.05, 0) is 68.6 Å². The van der Waals surface area contributed by atoms with Crippen LogP contribution in [0.1, 0.15) is 31.2 Å². The number of nitrogens with zero attached hydrogens (tertiary/aromatic N) is 2. The van der Waals surface area contributed by atoms with Crippen LogP contribution in [0, 0.1) is 0 Å². The summed E-state index contributed by atoms with van der Waals surface area (Å²) in [7, 11) is 0. The van der Waals surface area contributed by atoms with Crippen molar-refractivity contribution in [1.82, 2.24) is 20.2 Å². The molecule has 176 valence electrons. The fourth-order valence-electron chi connectivity index (χ4n) is 4.59. The quantitative estimate of drug-likeness (QED) is 0.463. The zero-order chi connectivity index (χ0) is 22.5. The van der Waals surface area contributed by atoms with Crippen molar-refractivity contribution in [3.63, 3.8) is 0 Å². The summed E-state index contributed by atoms with van der Waals surface area (Å²) in [4.78, 5) is 22.5. The largest absolute Gasteiger partial charge is 0.486 e. The van der Waals surface area contributed by atoms with Crippen LogP contribution in [-0.2, 0) is 11.2 Å². The SMILES string of the molecule is O=C(CCCOn1[nH]c2ccccc21)NC(Cc1ccc2c(c1)OCCO2)CN1CCCC1. The molecule has 2 N–H and O–H groups in total. The van der Waals surface area contributed by atoms with E-state index in [-0.39, 0.29) is 11.9 Å². The molecule has 33 heavy (non-hydrogen) atoms. The molecule has 0 saturated carbocycles. The fraction of sp³-hybridized carbons (Fsp3) is 0.480. The molecular weight excluding hydrogens is 420 g/mol. The van der Waals surface area contributed by atoms with Crippen molar-refractivity contribution in [2.45, 2.75) is 38.1 Å². The number of aromatic nitrogens is 2. The average molecular weight is 453 g/mol. The summed E-state index contributed by atoms with van der Waals surface area (Å²) in [6.07, 6.45) is 4.33. The summed E-state index contributed by atoms with van der Waals surface area (Å²) in [5.41, 5.74) is 3.22. The van der Waals surface area contributed by atoms with Gasteiger partial charge in [-0.15, -0.1) is 4.85 Å². The van der Waals surface area contributed by atoms with Crippen molar-refractivity contribution in [2.75, 3.05) is 39.5 Å². The number of hydrogen-bond acceptors (Lipinski definition) is 5. The van der Waals surface area contributed by atoms with Crippen molar-refractivity contribution in [3.8, 4) is 11.5 Å². The van der Waals surface area contributed by atoms with Crippen LogP contribution in [0.5, 0.6) is 11.5 Å². The van der Waals surface area contributed by atoms with E-state index in [0.717, 1.165) is 54.2 Å². The molecule has 0 aliphatic carbocycles. The second kappa shape index (κ2) is 10.2. The van der Waals surface area contributed by atoms with Gasteiger partial charge >= 0.3 is 0 Å². The van der Waals surface area contributed by atoms with Gasteiger partial charge in [0.2, 0.25) is 5.91 Å². The van der Waals surface area contributed by atoms with E-state index in [9.17, 15) is 4.79 Å². The predicted molar refractivity (Wildman–Crippen MR) is 126 cm³/mol. The maximum atomic E-state index is 12.7. The molecule has 1 amide bonds. The number of hydrogen-bond donors (Lipinski definition) is 2. The highest BCUT2D eigenvalue weighted by Crippen LogP contribution is 2.31. The van der Waals surface area contributed by atoms with E-state index >= 15 is 0 Å². The molecule has 8 heteroatoms. The van der Waals surface area contributed by atoms with E-state index in [0.29, 0.717) is 32.7 Å². The number of amides is 1. The Morgan fingerprint density at radius 2 is 1.91 bits per heavy atom. The number of ether oxygens (including phenoxy) is 2. The van der Waals surface area contributed by atoms with Crippen LogP contribution < -0.4 is 19.6 Å². The molecule has 2 aromatic carbocycles. The van der Waals surface area contributed by atoms with Gasteiger partial charge in [-0.3, -0.25) is 9.89 Å². The number of rotatable bonds is 10. The first-order valence-electron chi connectivity index (χ1n) is 11.9. The first-order valence-corrected chi connectivity index (χ1v) is 11.9. The Morgan fingerprint density at radius 1 is 1.09 bits per heavy atom. The molecule has 1 atom stereocenters. The molecule has 2 aliphatic heterocycles. The zero-order valence-electron chi connectivity index (χ0n) is 18.9. The highest BCUT2D eigenvalue weighted by Gasteiger charge is 2.21. The number of aromatic amines is 1. The minimum Gasteiger partial charge on any atom is -0.486 e. The lowest BCUT2D eigenvalue weighted by molar-refractivity contribution is -0.122. The summed E-state index contributed by atoms with van der Waals surface area (Å²) in [5, 5.41) is 6.39. The second-order valence-electron chi connectivity index (χ2n) is 8.81. The van der Waals surface area contributed by atoms with Crippen LogP contribution in [0.25, 0.3) is 11.0 Å². The van der Waals surface area contributed by atoms with Gasteiger partial charge in [0.05, 0.1) is 5.52 Å². The lowest BCUT2D eigenvalue weighted by Crippen LogP contribution is -2.44. The smallest absolute Gasteiger partial charge is 0.220 e. The number of carbonyl (C=O) groups excluding carboxylic acids is 1. The van der Waals surface area contributed by atoms with Gasteiger partial charge in [0.15, 0.2) is 11.5 Å². The van der Waals surface area contributed by atoms with E-state index in [2.05, 4.69) is 21.4 Å². The summed E-state index contributed by atoms with van der Waals surface area (Å²) in [6.45, 7) is 4.71. The van der Waals surface area contributed by atoms with E-state index < -0.39 is 0 Å². The van der Waals surface area contributed by atoms with Gasteiger partial charge in [-0.1, -0.05) is 18.2 Å². The third-order valence-electron chi connectivity index (χ3n) is 6.24. The average Bonchev–Trinajstić information content (AvgIpc) is 3.32. The van der Waals surface area contributed by atoms with Crippen molar-refractivity contribution in [2.24, 2.45) is 0 Å². The molecule has 1 unspecified atom stereocenters. The van der Waals surface area contributed by atoms with Crippen LogP contribution in [0.2, 0.25) is 0 Å². The lowest BCUT2D eigenvalue weighted by atomic mass is 10.0. The van der Waals surface area contributed by atoms with Gasteiger partial charge in [0.1, 0.15) is 25.3 Å². The highest BCUT2D eigenvalue weighted by atomic mass is 16.7. The third kappa shape index (κ3) is 5.45. The minimum atomic E-state index is 0.0583. The summed E-state index contributed by atoms with van der Waals surface area (Å²) >= 11 is 0. The molecular formula is C25H32N4O4. The molecule has 0 spiro atoms.